The molecule has 4 aromatic carbocycles. The maximum atomic E-state index is 13.0. The van der Waals surface area contributed by atoms with Crippen molar-refractivity contribution in [1.82, 2.24) is 4.90 Å². The third kappa shape index (κ3) is 12.2. The predicted octanol–water partition coefficient (Wildman–Crippen LogP) is 7.09. The highest BCUT2D eigenvalue weighted by atomic mass is 19.1. The highest BCUT2D eigenvalue weighted by molar-refractivity contribution is 5.68. The summed E-state index contributed by atoms with van der Waals surface area (Å²) in [6.07, 6.45) is -0.851. The van der Waals surface area contributed by atoms with E-state index in [1.54, 1.807) is 24.3 Å². The van der Waals surface area contributed by atoms with E-state index in [1.807, 2.05) is 87.5 Å². The molecule has 1 amide bonds. The number of halogens is 1. The van der Waals surface area contributed by atoms with Crippen molar-refractivity contribution in [2.24, 2.45) is 0 Å². The van der Waals surface area contributed by atoms with E-state index in [2.05, 4.69) is 17.2 Å². The largest absolute Gasteiger partial charge is 0.491 e. The number of aliphatic hydroxyl groups is 1. The Morgan fingerprint density at radius 1 is 0.870 bits per heavy atom. The second-order valence-electron chi connectivity index (χ2n) is 11.7. The van der Waals surface area contributed by atoms with Gasteiger partial charge in [-0.15, -0.1) is 0 Å². The van der Waals surface area contributed by atoms with E-state index in [1.165, 1.54) is 17.0 Å². The summed E-state index contributed by atoms with van der Waals surface area (Å²) >= 11 is 0. The lowest BCUT2D eigenvalue weighted by Crippen LogP contribution is -2.43. The fourth-order valence-electron chi connectivity index (χ4n) is 4.34. The molecule has 2 N–H and O–H groups in total. The summed E-state index contributed by atoms with van der Waals surface area (Å²) in [4.78, 5) is 14.5. The number of ether oxygens (including phenoxy) is 3. The molecule has 8 heteroatoms. The van der Waals surface area contributed by atoms with E-state index < -0.39 is 17.8 Å². The molecule has 0 radical (unpaired) electrons. The fraction of sp³-hybridized carbons (Fsp3) is 0.289. The van der Waals surface area contributed by atoms with Crippen molar-refractivity contribution < 1.29 is 28.5 Å². The monoisotopic (exact) mass is 624 g/mol. The van der Waals surface area contributed by atoms with Gasteiger partial charge >= 0.3 is 6.09 Å². The molecule has 0 unspecified atom stereocenters. The number of benzene rings is 4. The minimum atomic E-state index is -0.927. The second-order valence-corrected chi connectivity index (χ2v) is 11.7. The summed E-state index contributed by atoms with van der Waals surface area (Å²) in [5.41, 5.74) is 3.09. The molecule has 0 aliphatic carbocycles. The summed E-state index contributed by atoms with van der Waals surface area (Å²) in [5, 5.41) is 14.0. The first kappa shape index (κ1) is 33.9. The Hall–Kier alpha value is -5.00. The molecule has 0 saturated carbocycles. The van der Waals surface area contributed by atoms with Crippen molar-refractivity contribution in [3.05, 3.63) is 126 Å². The first-order valence-electron chi connectivity index (χ1n) is 15.3. The Morgan fingerprint density at radius 3 is 2.17 bits per heavy atom. The van der Waals surface area contributed by atoms with Crippen LogP contribution in [0.25, 0.3) is 0 Å². The first-order chi connectivity index (χ1) is 22.1. The number of carbonyl (C=O) groups is 1. The van der Waals surface area contributed by atoms with Crippen molar-refractivity contribution in [2.75, 3.05) is 31.6 Å². The molecule has 0 aliphatic heterocycles. The van der Waals surface area contributed by atoms with Gasteiger partial charge in [0, 0.05) is 17.8 Å². The lowest BCUT2D eigenvalue weighted by atomic mass is 10.1. The van der Waals surface area contributed by atoms with E-state index in [0.717, 1.165) is 22.4 Å². The van der Waals surface area contributed by atoms with Crippen molar-refractivity contribution in [2.45, 2.75) is 45.5 Å². The second kappa shape index (κ2) is 16.9. The Morgan fingerprint density at radius 2 is 1.52 bits per heavy atom. The molecule has 4 aromatic rings. The summed E-state index contributed by atoms with van der Waals surface area (Å²) in [5.74, 6) is 7.04. The maximum absolute atomic E-state index is 13.0. The zero-order valence-electron chi connectivity index (χ0n) is 26.5. The average Bonchev–Trinajstić information content (AvgIpc) is 3.04. The van der Waals surface area contributed by atoms with Crippen molar-refractivity contribution in [3.63, 3.8) is 0 Å². The summed E-state index contributed by atoms with van der Waals surface area (Å²) in [6.45, 7) is 6.76. The highest BCUT2D eigenvalue weighted by Gasteiger charge is 2.24. The van der Waals surface area contributed by atoms with Gasteiger partial charge in [0.05, 0.1) is 13.1 Å². The number of aliphatic hydroxyl groups excluding tert-OH is 1. The first-order valence-corrected chi connectivity index (χ1v) is 15.3. The smallest absolute Gasteiger partial charge is 0.410 e. The molecular weight excluding hydrogens is 583 g/mol. The van der Waals surface area contributed by atoms with Gasteiger partial charge in [0.1, 0.15) is 42.2 Å². The summed E-state index contributed by atoms with van der Waals surface area (Å²) < 4.78 is 30.3. The number of nitrogens with one attached hydrogen (secondary N) is 1. The number of nitrogens with zero attached hydrogens (tertiary/aromatic N) is 1. The van der Waals surface area contributed by atoms with E-state index in [0.29, 0.717) is 37.6 Å². The van der Waals surface area contributed by atoms with Gasteiger partial charge in [-0.05, 0) is 99.0 Å². The fourth-order valence-corrected chi connectivity index (χ4v) is 4.34. The number of hydrogen-bond acceptors (Lipinski definition) is 6. The molecule has 0 heterocycles. The molecule has 0 saturated heterocycles. The van der Waals surface area contributed by atoms with E-state index in [-0.39, 0.29) is 19.0 Å². The zero-order chi connectivity index (χ0) is 32.8. The molecule has 0 aliphatic rings. The van der Waals surface area contributed by atoms with Crippen LogP contribution < -0.4 is 14.8 Å². The van der Waals surface area contributed by atoms with Crippen molar-refractivity contribution in [3.8, 4) is 23.3 Å². The van der Waals surface area contributed by atoms with Gasteiger partial charge in [-0.25, -0.2) is 9.18 Å². The van der Waals surface area contributed by atoms with Gasteiger partial charge in [-0.3, -0.25) is 0 Å². The molecule has 240 valence electrons. The Kier molecular flexibility index (Phi) is 12.4. The van der Waals surface area contributed by atoms with Crippen LogP contribution in [0.5, 0.6) is 11.5 Å². The van der Waals surface area contributed by atoms with Crippen molar-refractivity contribution in [1.29, 1.82) is 0 Å². The minimum Gasteiger partial charge on any atom is -0.491 e. The zero-order valence-corrected chi connectivity index (χ0v) is 26.5. The number of rotatable bonds is 13. The molecular formula is C38H41FN2O5. The van der Waals surface area contributed by atoms with Crippen molar-refractivity contribution >= 4 is 11.8 Å². The molecule has 0 bridgehead atoms. The van der Waals surface area contributed by atoms with Gasteiger partial charge in [0.15, 0.2) is 0 Å². The molecule has 0 spiro atoms. The quantitative estimate of drug-likeness (QED) is 0.155. The van der Waals surface area contributed by atoms with Crippen LogP contribution in [-0.4, -0.2) is 54.0 Å². The highest BCUT2D eigenvalue weighted by Crippen LogP contribution is 2.19. The van der Waals surface area contributed by atoms with Gasteiger partial charge in [0.2, 0.25) is 0 Å². The molecule has 46 heavy (non-hydrogen) atoms. The van der Waals surface area contributed by atoms with Crippen LogP contribution in [0.4, 0.5) is 14.9 Å². The molecule has 7 nitrogen and oxygen atoms in total. The van der Waals surface area contributed by atoms with Gasteiger partial charge in [-0.1, -0.05) is 54.3 Å². The number of amides is 1. The van der Waals surface area contributed by atoms with Crippen LogP contribution in [0.15, 0.2) is 103 Å². The molecule has 4 rings (SSSR count). The maximum Gasteiger partial charge on any atom is 0.410 e. The SMILES string of the molecule is CC(C)(C)OC(=O)N(CCc1ccc(NCC#Cc2ccc(F)cc2)cc1)C[C@H](O)COc1ccc(OCc2ccccc2)cc1. The lowest BCUT2D eigenvalue weighted by molar-refractivity contribution is 0.00944. The van der Waals surface area contributed by atoms with Crippen LogP contribution in [0.1, 0.15) is 37.5 Å². The molecule has 0 aromatic heterocycles. The van der Waals surface area contributed by atoms with Crippen LogP contribution in [0.2, 0.25) is 0 Å². The third-order valence-electron chi connectivity index (χ3n) is 6.68. The number of anilines is 1. The van der Waals surface area contributed by atoms with Gasteiger partial charge in [-0.2, -0.15) is 0 Å². The van der Waals surface area contributed by atoms with Gasteiger partial charge in [0.25, 0.3) is 0 Å². The number of hydrogen-bond donors (Lipinski definition) is 2. The topological polar surface area (TPSA) is 80.3 Å². The van der Waals surface area contributed by atoms with E-state index in [4.69, 9.17) is 14.2 Å². The summed E-state index contributed by atoms with van der Waals surface area (Å²) in [6, 6.07) is 31.1. The third-order valence-corrected chi connectivity index (χ3v) is 6.68. The number of carbonyl (C=O) groups excluding carboxylic acids is 1. The molecule has 0 fully saturated rings. The predicted molar refractivity (Wildman–Crippen MR) is 178 cm³/mol. The lowest BCUT2D eigenvalue weighted by Gasteiger charge is -2.29. The van der Waals surface area contributed by atoms with Crippen LogP contribution >= 0.6 is 0 Å². The Balaban J connectivity index is 1.25. The Bertz CT molecular complexity index is 1560. The minimum absolute atomic E-state index is 0.00787. The van der Waals surface area contributed by atoms with E-state index >= 15 is 0 Å². The van der Waals surface area contributed by atoms with Gasteiger partial charge < -0.3 is 29.5 Å². The standard InChI is InChI=1S/C38H41FN2O5/c1-38(2,3)46-37(43)41(25-23-30-13-17-33(18-14-30)40-24-7-10-29-11-15-32(39)16-12-29)26-34(42)28-45-36-21-19-35(20-22-36)44-27-31-8-5-4-6-9-31/h4-6,8-9,11-22,34,40,42H,23-28H2,1-3H3/t34-/m0/s1. The van der Waals surface area contributed by atoms with Crippen LogP contribution in [-0.2, 0) is 17.8 Å². The van der Waals surface area contributed by atoms with Crippen LogP contribution in [0, 0.1) is 17.7 Å². The average molecular weight is 625 g/mol. The summed E-state index contributed by atoms with van der Waals surface area (Å²) in [7, 11) is 0. The molecule has 1 atom stereocenters. The van der Waals surface area contributed by atoms with Crippen LogP contribution in [0.3, 0.4) is 0 Å². The Labute approximate surface area is 270 Å². The normalized spacial score (nSPS) is 11.5. The van der Waals surface area contributed by atoms with E-state index in [9.17, 15) is 14.3 Å².